The molecule has 0 saturated heterocycles. The fourth-order valence-electron chi connectivity index (χ4n) is 2.07. The highest BCUT2D eigenvalue weighted by molar-refractivity contribution is 5.44. The van der Waals surface area contributed by atoms with Crippen molar-refractivity contribution < 1.29 is 4.74 Å². The zero-order chi connectivity index (χ0) is 10.7. The topological polar surface area (TPSA) is 61.0 Å². The number of hydrogen-bond donors (Lipinski definition) is 1. The maximum Gasteiger partial charge on any atom is 0.240 e. The zero-order valence-electron chi connectivity index (χ0n) is 9.02. The van der Waals surface area contributed by atoms with Crippen LogP contribution >= 0.6 is 0 Å². The van der Waals surface area contributed by atoms with Gasteiger partial charge in [0.2, 0.25) is 5.88 Å². The van der Waals surface area contributed by atoms with Crippen molar-refractivity contribution in [1.82, 2.24) is 9.97 Å². The monoisotopic (exact) mass is 207 g/mol. The van der Waals surface area contributed by atoms with Gasteiger partial charge in [-0.2, -0.15) is 4.98 Å². The van der Waals surface area contributed by atoms with Gasteiger partial charge >= 0.3 is 0 Å². The molecule has 0 aromatic carbocycles. The molecule has 4 nitrogen and oxygen atoms in total. The minimum absolute atomic E-state index is 0.269. The highest BCUT2D eigenvalue weighted by Crippen LogP contribution is 2.28. The number of ether oxygens (including phenoxy) is 1. The fourth-order valence-corrected chi connectivity index (χ4v) is 2.07. The van der Waals surface area contributed by atoms with Crippen LogP contribution in [0.4, 0.5) is 5.69 Å². The third-order valence-electron chi connectivity index (χ3n) is 2.87. The fraction of sp³-hybridized carbons (Fsp3) is 0.636. The Kier molecular flexibility index (Phi) is 3.04. The largest absolute Gasteiger partial charge is 0.473 e. The van der Waals surface area contributed by atoms with Crippen LogP contribution in [0, 0.1) is 5.92 Å². The summed E-state index contributed by atoms with van der Waals surface area (Å²) in [5.74, 6) is 1.27. The van der Waals surface area contributed by atoms with E-state index >= 15 is 0 Å². The van der Waals surface area contributed by atoms with Gasteiger partial charge in [0.15, 0.2) is 0 Å². The Morgan fingerprint density at radius 2 is 2.33 bits per heavy atom. The van der Waals surface area contributed by atoms with Gasteiger partial charge in [0, 0.05) is 0 Å². The van der Waals surface area contributed by atoms with E-state index in [-0.39, 0.29) is 6.10 Å². The first-order valence-corrected chi connectivity index (χ1v) is 5.48. The highest BCUT2D eigenvalue weighted by atomic mass is 16.5. The molecule has 0 bridgehead atoms. The lowest BCUT2D eigenvalue weighted by atomic mass is 9.89. The van der Waals surface area contributed by atoms with Gasteiger partial charge in [0.05, 0.1) is 6.20 Å². The molecular weight excluding hydrogens is 190 g/mol. The van der Waals surface area contributed by atoms with Gasteiger partial charge in [-0.25, -0.2) is 4.98 Å². The van der Waals surface area contributed by atoms with Crippen LogP contribution in [0.1, 0.15) is 32.6 Å². The lowest BCUT2D eigenvalue weighted by Crippen LogP contribution is -2.24. The molecule has 0 radical (unpaired) electrons. The summed E-state index contributed by atoms with van der Waals surface area (Å²) in [5, 5.41) is 0. The van der Waals surface area contributed by atoms with Crippen molar-refractivity contribution >= 4 is 5.69 Å². The van der Waals surface area contributed by atoms with E-state index in [2.05, 4.69) is 16.9 Å². The van der Waals surface area contributed by atoms with Crippen molar-refractivity contribution in [2.24, 2.45) is 5.92 Å². The van der Waals surface area contributed by atoms with Crippen LogP contribution in [0.2, 0.25) is 0 Å². The molecule has 2 rings (SSSR count). The molecular formula is C11H17N3O. The third-order valence-corrected chi connectivity index (χ3v) is 2.87. The number of rotatable bonds is 2. The molecule has 2 unspecified atom stereocenters. The predicted octanol–water partition coefficient (Wildman–Crippen LogP) is 2.02. The normalized spacial score (nSPS) is 26.2. The van der Waals surface area contributed by atoms with E-state index in [1.165, 1.54) is 19.2 Å². The summed E-state index contributed by atoms with van der Waals surface area (Å²) in [7, 11) is 0. The summed E-state index contributed by atoms with van der Waals surface area (Å²) in [4.78, 5) is 7.88. The van der Waals surface area contributed by atoms with Crippen LogP contribution < -0.4 is 10.5 Å². The summed E-state index contributed by atoms with van der Waals surface area (Å²) in [6.45, 7) is 2.26. The molecule has 0 spiro atoms. The molecule has 1 aliphatic carbocycles. The first-order valence-electron chi connectivity index (χ1n) is 5.48. The molecule has 0 amide bonds. The van der Waals surface area contributed by atoms with E-state index in [0.29, 0.717) is 11.6 Å². The first-order chi connectivity index (χ1) is 7.25. The second-order valence-corrected chi connectivity index (χ2v) is 4.29. The number of anilines is 1. The van der Waals surface area contributed by atoms with Crippen molar-refractivity contribution in [3.8, 4) is 5.88 Å². The predicted molar refractivity (Wildman–Crippen MR) is 58.5 cm³/mol. The van der Waals surface area contributed by atoms with Crippen molar-refractivity contribution in [2.75, 3.05) is 5.73 Å². The Labute approximate surface area is 89.9 Å². The van der Waals surface area contributed by atoms with E-state index in [9.17, 15) is 0 Å². The number of hydrogen-bond acceptors (Lipinski definition) is 4. The van der Waals surface area contributed by atoms with Crippen LogP contribution in [0.5, 0.6) is 5.88 Å². The van der Waals surface area contributed by atoms with Gasteiger partial charge in [-0.3, -0.25) is 0 Å². The van der Waals surface area contributed by atoms with Crippen LogP contribution in [0.25, 0.3) is 0 Å². The SMILES string of the molecule is CC1CCCC(Oc2ncncc2N)C1. The number of nitrogens with zero attached hydrogens (tertiary/aromatic N) is 2. The van der Waals surface area contributed by atoms with Gasteiger partial charge in [-0.1, -0.05) is 13.3 Å². The first kappa shape index (κ1) is 10.2. The number of aromatic nitrogens is 2. The maximum atomic E-state index is 5.78. The molecule has 2 N–H and O–H groups in total. The highest BCUT2D eigenvalue weighted by Gasteiger charge is 2.21. The Bertz CT molecular complexity index is 329. The van der Waals surface area contributed by atoms with E-state index < -0.39 is 0 Å². The van der Waals surface area contributed by atoms with Crippen LogP contribution in [-0.4, -0.2) is 16.1 Å². The zero-order valence-corrected chi connectivity index (χ0v) is 9.02. The van der Waals surface area contributed by atoms with Crippen LogP contribution in [-0.2, 0) is 0 Å². The minimum Gasteiger partial charge on any atom is -0.473 e. The summed E-state index contributed by atoms with van der Waals surface area (Å²) in [6.07, 6.45) is 8.06. The number of nitrogens with two attached hydrogens (primary N) is 1. The molecule has 1 saturated carbocycles. The molecule has 4 heteroatoms. The van der Waals surface area contributed by atoms with E-state index in [1.807, 2.05) is 0 Å². The van der Waals surface area contributed by atoms with E-state index in [0.717, 1.165) is 18.8 Å². The summed E-state index contributed by atoms with van der Waals surface area (Å²) in [5.41, 5.74) is 6.25. The summed E-state index contributed by atoms with van der Waals surface area (Å²) < 4.78 is 5.78. The van der Waals surface area contributed by atoms with Crippen molar-refractivity contribution in [3.05, 3.63) is 12.5 Å². The lowest BCUT2D eigenvalue weighted by molar-refractivity contribution is 0.124. The summed E-state index contributed by atoms with van der Waals surface area (Å²) in [6, 6.07) is 0. The smallest absolute Gasteiger partial charge is 0.240 e. The van der Waals surface area contributed by atoms with Gasteiger partial charge < -0.3 is 10.5 Å². The van der Waals surface area contributed by atoms with E-state index in [1.54, 1.807) is 6.20 Å². The summed E-state index contributed by atoms with van der Waals surface area (Å²) >= 11 is 0. The Morgan fingerprint density at radius 1 is 1.47 bits per heavy atom. The third kappa shape index (κ3) is 2.58. The average Bonchev–Trinajstić information content (AvgIpc) is 2.22. The van der Waals surface area contributed by atoms with E-state index in [4.69, 9.17) is 10.5 Å². The van der Waals surface area contributed by atoms with Gasteiger partial charge in [-0.15, -0.1) is 0 Å². The van der Waals surface area contributed by atoms with Crippen molar-refractivity contribution in [3.63, 3.8) is 0 Å². The minimum atomic E-state index is 0.269. The molecule has 1 aliphatic rings. The van der Waals surface area contributed by atoms with Gasteiger partial charge in [0.1, 0.15) is 18.1 Å². The maximum absolute atomic E-state index is 5.78. The molecule has 1 aromatic rings. The second kappa shape index (κ2) is 4.47. The quantitative estimate of drug-likeness (QED) is 0.805. The second-order valence-electron chi connectivity index (χ2n) is 4.29. The molecule has 0 aliphatic heterocycles. The van der Waals surface area contributed by atoms with Crippen LogP contribution in [0.3, 0.4) is 0 Å². The van der Waals surface area contributed by atoms with Crippen molar-refractivity contribution in [2.45, 2.75) is 38.7 Å². The Morgan fingerprint density at radius 3 is 3.07 bits per heavy atom. The molecule has 82 valence electrons. The standard InChI is InChI=1S/C11H17N3O/c1-8-3-2-4-9(5-8)15-11-10(12)6-13-7-14-11/h6-9H,2-5,12H2,1H3. The lowest BCUT2D eigenvalue weighted by Gasteiger charge is -2.27. The molecule has 2 atom stereocenters. The average molecular weight is 207 g/mol. The molecule has 1 fully saturated rings. The molecule has 1 heterocycles. The Balaban J connectivity index is 1.99. The molecule has 15 heavy (non-hydrogen) atoms. The number of nitrogen functional groups attached to an aromatic ring is 1. The van der Waals surface area contributed by atoms with Crippen molar-refractivity contribution in [1.29, 1.82) is 0 Å². The van der Waals surface area contributed by atoms with Gasteiger partial charge in [0.25, 0.3) is 0 Å². The van der Waals surface area contributed by atoms with Gasteiger partial charge in [-0.05, 0) is 25.2 Å². The Hall–Kier alpha value is -1.32. The van der Waals surface area contributed by atoms with Crippen LogP contribution in [0.15, 0.2) is 12.5 Å². The molecule has 1 aromatic heterocycles.